The summed E-state index contributed by atoms with van der Waals surface area (Å²) < 4.78 is 4.85. The van der Waals surface area contributed by atoms with E-state index >= 15 is 0 Å². The molecule has 88 valence electrons. The molecule has 0 aliphatic carbocycles. The van der Waals surface area contributed by atoms with Crippen LogP contribution in [0.3, 0.4) is 0 Å². The lowest BCUT2D eigenvalue weighted by molar-refractivity contribution is -0.147. The van der Waals surface area contributed by atoms with E-state index in [1.807, 2.05) is 13.8 Å². The Morgan fingerprint density at radius 2 is 1.80 bits per heavy atom. The number of hydrogen-bond donors (Lipinski definition) is 2. The third-order valence-corrected chi connectivity index (χ3v) is 1.80. The van der Waals surface area contributed by atoms with Gasteiger partial charge in [-0.25, -0.2) is 0 Å². The summed E-state index contributed by atoms with van der Waals surface area (Å²) in [4.78, 5) is 22.4. The van der Waals surface area contributed by atoms with Crippen LogP contribution in [0.5, 0.6) is 0 Å². The molecule has 1 amide bonds. The number of esters is 1. The Bertz CT molecular complexity index is 227. The molecule has 0 bridgehead atoms. The molecular formula is C10H20N2O3. The average Bonchev–Trinajstić information content (AvgIpc) is 2.11. The number of carbonyl (C=O) groups is 2. The van der Waals surface area contributed by atoms with Gasteiger partial charge in [0, 0.05) is 0 Å². The van der Waals surface area contributed by atoms with Crippen molar-refractivity contribution in [1.29, 1.82) is 0 Å². The van der Waals surface area contributed by atoms with Gasteiger partial charge in [-0.15, -0.1) is 0 Å². The van der Waals surface area contributed by atoms with Crippen molar-refractivity contribution in [2.45, 2.75) is 39.8 Å². The zero-order valence-electron chi connectivity index (χ0n) is 9.74. The second kappa shape index (κ2) is 6.40. The van der Waals surface area contributed by atoms with Crippen LogP contribution in [0.15, 0.2) is 0 Å². The first-order chi connectivity index (χ1) is 6.84. The van der Waals surface area contributed by atoms with Crippen LogP contribution >= 0.6 is 0 Å². The Hall–Kier alpha value is -1.10. The molecule has 0 aromatic heterocycles. The molecule has 0 saturated carbocycles. The number of nitrogens with one attached hydrogen (secondary N) is 1. The molecule has 3 N–H and O–H groups in total. The summed E-state index contributed by atoms with van der Waals surface area (Å²) >= 11 is 0. The van der Waals surface area contributed by atoms with E-state index in [2.05, 4.69) is 5.32 Å². The minimum Gasteiger partial charge on any atom is -0.462 e. The fourth-order valence-electron chi connectivity index (χ4n) is 0.884. The smallest absolute Gasteiger partial charge is 0.325 e. The molecule has 0 fully saturated rings. The highest BCUT2D eigenvalue weighted by molar-refractivity contribution is 5.85. The summed E-state index contributed by atoms with van der Waals surface area (Å²) in [5.74, 6) is -0.730. The Kier molecular flexibility index (Phi) is 5.93. The van der Waals surface area contributed by atoms with E-state index in [4.69, 9.17) is 10.5 Å². The van der Waals surface area contributed by atoms with E-state index in [-0.39, 0.29) is 24.5 Å². The van der Waals surface area contributed by atoms with Crippen molar-refractivity contribution in [2.24, 2.45) is 11.7 Å². The predicted octanol–water partition coefficient (Wildman–Crippen LogP) is 0.0375. The topological polar surface area (TPSA) is 81.4 Å². The SMILES string of the molecule is CC(C)OC(=O)CNC(=O)[C@@H](N)C(C)C. The fourth-order valence-corrected chi connectivity index (χ4v) is 0.884. The van der Waals surface area contributed by atoms with Gasteiger partial charge in [0.15, 0.2) is 0 Å². The summed E-state index contributed by atoms with van der Waals surface area (Å²) in [6.45, 7) is 7.06. The third kappa shape index (κ3) is 6.06. The quantitative estimate of drug-likeness (QED) is 0.636. The van der Waals surface area contributed by atoms with Gasteiger partial charge in [0.1, 0.15) is 6.54 Å². The first-order valence-electron chi connectivity index (χ1n) is 5.07. The fraction of sp³-hybridized carbons (Fsp3) is 0.800. The molecule has 0 heterocycles. The van der Waals surface area contributed by atoms with Gasteiger partial charge >= 0.3 is 5.97 Å². The second-order valence-corrected chi connectivity index (χ2v) is 4.03. The van der Waals surface area contributed by atoms with E-state index in [0.29, 0.717) is 0 Å². The van der Waals surface area contributed by atoms with Gasteiger partial charge in [-0.2, -0.15) is 0 Å². The Labute approximate surface area is 90.4 Å². The molecule has 0 radical (unpaired) electrons. The van der Waals surface area contributed by atoms with Crippen LogP contribution in [0, 0.1) is 5.92 Å². The van der Waals surface area contributed by atoms with E-state index in [1.54, 1.807) is 13.8 Å². The molecule has 5 heteroatoms. The molecule has 0 aliphatic heterocycles. The van der Waals surface area contributed by atoms with E-state index in [0.717, 1.165) is 0 Å². The second-order valence-electron chi connectivity index (χ2n) is 4.03. The summed E-state index contributed by atoms with van der Waals surface area (Å²) in [6, 6.07) is -0.586. The maximum Gasteiger partial charge on any atom is 0.325 e. The van der Waals surface area contributed by atoms with Crippen LogP contribution in [-0.4, -0.2) is 30.6 Å². The zero-order chi connectivity index (χ0) is 12.0. The lowest BCUT2D eigenvalue weighted by Crippen LogP contribution is -2.45. The highest BCUT2D eigenvalue weighted by Gasteiger charge is 2.17. The zero-order valence-corrected chi connectivity index (χ0v) is 9.74. The molecule has 5 nitrogen and oxygen atoms in total. The first-order valence-corrected chi connectivity index (χ1v) is 5.07. The van der Waals surface area contributed by atoms with Crippen LogP contribution in [0.25, 0.3) is 0 Å². The van der Waals surface area contributed by atoms with Gasteiger partial charge in [-0.05, 0) is 19.8 Å². The van der Waals surface area contributed by atoms with Gasteiger partial charge in [-0.1, -0.05) is 13.8 Å². The van der Waals surface area contributed by atoms with E-state index < -0.39 is 12.0 Å². The maximum atomic E-state index is 11.3. The van der Waals surface area contributed by atoms with Crippen molar-refractivity contribution in [3.63, 3.8) is 0 Å². The highest BCUT2D eigenvalue weighted by Crippen LogP contribution is 1.97. The molecule has 0 rings (SSSR count). The number of amides is 1. The van der Waals surface area contributed by atoms with Gasteiger partial charge in [0.25, 0.3) is 0 Å². The van der Waals surface area contributed by atoms with Gasteiger partial charge < -0.3 is 15.8 Å². The van der Waals surface area contributed by atoms with Gasteiger partial charge in [0.05, 0.1) is 12.1 Å². The van der Waals surface area contributed by atoms with E-state index in [1.165, 1.54) is 0 Å². The maximum absolute atomic E-state index is 11.3. The Morgan fingerprint density at radius 1 is 1.27 bits per heavy atom. The van der Waals surface area contributed by atoms with Crippen molar-refractivity contribution in [2.75, 3.05) is 6.54 Å². The standard InChI is InChI=1S/C10H20N2O3/c1-6(2)9(11)10(14)12-5-8(13)15-7(3)4/h6-7,9H,5,11H2,1-4H3,(H,12,14)/t9-/m0/s1. The minimum absolute atomic E-state index is 0.0473. The van der Waals surface area contributed by atoms with Crippen molar-refractivity contribution in [3.8, 4) is 0 Å². The van der Waals surface area contributed by atoms with Crippen LogP contribution in [-0.2, 0) is 14.3 Å². The number of ether oxygens (including phenoxy) is 1. The molecule has 0 aliphatic rings. The summed E-state index contributed by atoms with van der Waals surface area (Å²) in [5.41, 5.74) is 5.58. The van der Waals surface area contributed by atoms with Crippen LogP contribution in [0.1, 0.15) is 27.7 Å². The Morgan fingerprint density at radius 3 is 2.20 bits per heavy atom. The molecule has 0 unspecified atom stereocenters. The summed E-state index contributed by atoms with van der Waals surface area (Å²) in [5, 5.41) is 2.43. The van der Waals surface area contributed by atoms with Crippen LogP contribution < -0.4 is 11.1 Å². The Balaban J connectivity index is 3.85. The minimum atomic E-state index is -0.586. The molecule has 0 spiro atoms. The largest absolute Gasteiger partial charge is 0.462 e. The number of rotatable bonds is 5. The van der Waals surface area contributed by atoms with Crippen molar-refractivity contribution in [3.05, 3.63) is 0 Å². The normalized spacial score (nSPS) is 12.7. The molecular weight excluding hydrogens is 196 g/mol. The molecule has 1 atom stereocenters. The lowest BCUT2D eigenvalue weighted by Gasteiger charge is -2.15. The molecule has 0 aromatic rings. The lowest BCUT2D eigenvalue weighted by atomic mass is 10.1. The molecule has 15 heavy (non-hydrogen) atoms. The number of carbonyl (C=O) groups excluding carboxylic acids is 2. The van der Waals surface area contributed by atoms with Crippen molar-refractivity contribution >= 4 is 11.9 Å². The van der Waals surface area contributed by atoms with Crippen molar-refractivity contribution < 1.29 is 14.3 Å². The van der Waals surface area contributed by atoms with Crippen LogP contribution in [0.2, 0.25) is 0 Å². The van der Waals surface area contributed by atoms with Gasteiger partial charge in [-0.3, -0.25) is 9.59 Å². The first kappa shape index (κ1) is 13.9. The van der Waals surface area contributed by atoms with Gasteiger partial charge in [0.2, 0.25) is 5.91 Å². The average molecular weight is 216 g/mol. The number of hydrogen-bond acceptors (Lipinski definition) is 4. The summed E-state index contributed by atoms with van der Waals surface area (Å²) in [6.07, 6.45) is -0.173. The number of nitrogens with two attached hydrogens (primary N) is 1. The molecule has 0 aromatic carbocycles. The van der Waals surface area contributed by atoms with E-state index in [9.17, 15) is 9.59 Å². The predicted molar refractivity (Wildman–Crippen MR) is 57.1 cm³/mol. The summed E-state index contributed by atoms with van der Waals surface area (Å²) in [7, 11) is 0. The van der Waals surface area contributed by atoms with Crippen LogP contribution in [0.4, 0.5) is 0 Å². The van der Waals surface area contributed by atoms with Crippen molar-refractivity contribution in [1.82, 2.24) is 5.32 Å². The molecule has 0 saturated heterocycles. The third-order valence-electron chi connectivity index (χ3n) is 1.80. The monoisotopic (exact) mass is 216 g/mol. The highest BCUT2D eigenvalue weighted by atomic mass is 16.5.